The minimum atomic E-state index is -0.558. The van der Waals surface area contributed by atoms with E-state index in [-0.39, 0.29) is 30.1 Å². The molecule has 1 fully saturated rings. The quantitative estimate of drug-likeness (QED) is 0.671. The number of fused-ring (bicyclic) bond motifs is 1. The number of oxazole rings is 1. The smallest absolute Gasteiger partial charge is 0.420 e. The number of likely N-dealkylation sites (tertiary alicyclic amines) is 1. The molecule has 9 heteroatoms. The van der Waals surface area contributed by atoms with E-state index in [1.165, 1.54) is 17.0 Å². The second-order valence-corrected chi connectivity index (χ2v) is 6.47. The molecule has 142 valence electrons. The molecule has 1 aliphatic heterocycles. The van der Waals surface area contributed by atoms with Crippen LogP contribution in [0, 0.1) is 11.3 Å². The van der Waals surface area contributed by atoms with Crippen molar-refractivity contribution >= 4 is 17.0 Å². The normalized spacial score (nSPS) is 16.7. The van der Waals surface area contributed by atoms with Crippen LogP contribution in [0.4, 0.5) is 0 Å². The molecule has 0 bridgehead atoms. The zero-order valence-corrected chi connectivity index (χ0v) is 14.9. The van der Waals surface area contributed by atoms with Crippen LogP contribution in [-0.4, -0.2) is 44.5 Å². The molecule has 0 N–H and O–H groups in total. The molecule has 2 aromatic heterocycles. The SMILES string of the molecule is N#Cc1nccnc1O[C@H]1CCCN(C(=O)Cn2c(=O)oc3ccccc32)C1. The van der Waals surface area contributed by atoms with Gasteiger partial charge in [0.15, 0.2) is 5.58 Å². The van der Waals surface area contributed by atoms with Gasteiger partial charge in [-0.05, 0) is 25.0 Å². The Morgan fingerprint density at radius 2 is 2.14 bits per heavy atom. The molecule has 4 rings (SSSR count). The number of piperidine rings is 1. The summed E-state index contributed by atoms with van der Waals surface area (Å²) in [6, 6.07) is 8.94. The highest BCUT2D eigenvalue weighted by Crippen LogP contribution is 2.19. The van der Waals surface area contributed by atoms with Crippen molar-refractivity contribution in [2.24, 2.45) is 0 Å². The number of hydrogen-bond donors (Lipinski definition) is 0. The molecule has 28 heavy (non-hydrogen) atoms. The van der Waals surface area contributed by atoms with E-state index in [9.17, 15) is 9.59 Å². The second-order valence-electron chi connectivity index (χ2n) is 6.47. The Morgan fingerprint density at radius 1 is 1.32 bits per heavy atom. The molecule has 3 heterocycles. The minimum absolute atomic E-state index is 0.100. The second kappa shape index (κ2) is 7.52. The predicted octanol–water partition coefficient (Wildman–Crippen LogP) is 1.33. The lowest BCUT2D eigenvalue weighted by molar-refractivity contribution is -0.134. The molecule has 0 spiro atoms. The topological polar surface area (TPSA) is 114 Å². The molecular formula is C19H17N5O4. The lowest BCUT2D eigenvalue weighted by atomic mass is 10.1. The van der Waals surface area contributed by atoms with Gasteiger partial charge in [-0.2, -0.15) is 5.26 Å². The molecule has 1 aromatic carbocycles. The Balaban J connectivity index is 1.47. The number of rotatable bonds is 4. The average Bonchev–Trinajstić information content (AvgIpc) is 3.04. The first-order valence-corrected chi connectivity index (χ1v) is 8.89. The van der Waals surface area contributed by atoms with Gasteiger partial charge < -0.3 is 14.1 Å². The maximum Gasteiger partial charge on any atom is 0.420 e. The molecular weight excluding hydrogens is 362 g/mol. The fourth-order valence-electron chi connectivity index (χ4n) is 3.31. The van der Waals surface area contributed by atoms with Crippen molar-refractivity contribution in [1.29, 1.82) is 5.26 Å². The maximum atomic E-state index is 12.8. The van der Waals surface area contributed by atoms with E-state index in [0.29, 0.717) is 24.2 Å². The zero-order chi connectivity index (χ0) is 19.5. The Hall–Kier alpha value is -3.67. The summed E-state index contributed by atoms with van der Waals surface area (Å²) in [5, 5.41) is 9.11. The molecule has 0 aliphatic carbocycles. The van der Waals surface area contributed by atoms with Crippen LogP contribution in [0.25, 0.3) is 11.1 Å². The van der Waals surface area contributed by atoms with Crippen molar-refractivity contribution in [3.8, 4) is 11.9 Å². The Bertz CT molecular complexity index is 1110. The predicted molar refractivity (Wildman–Crippen MR) is 97.5 cm³/mol. The van der Waals surface area contributed by atoms with Crippen molar-refractivity contribution in [2.75, 3.05) is 13.1 Å². The average molecular weight is 379 g/mol. The van der Waals surface area contributed by atoms with Crippen LogP contribution < -0.4 is 10.5 Å². The van der Waals surface area contributed by atoms with Crippen molar-refractivity contribution in [3.05, 3.63) is 52.9 Å². The monoisotopic (exact) mass is 379 g/mol. The van der Waals surface area contributed by atoms with E-state index >= 15 is 0 Å². The largest absolute Gasteiger partial charge is 0.470 e. The van der Waals surface area contributed by atoms with Gasteiger partial charge in [0.2, 0.25) is 11.6 Å². The number of nitrogens with zero attached hydrogens (tertiary/aromatic N) is 5. The lowest BCUT2D eigenvalue weighted by Crippen LogP contribution is -2.46. The number of ether oxygens (including phenoxy) is 1. The van der Waals surface area contributed by atoms with Crippen LogP contribution in [0.1, 0.15) is 18.5 Å². The molecule has 1 amide bonds. The van der Waals surface area contributed by atoms with Gasteiger partial charge >= 0.3 is 5.76 Å². The summed E-state index contributed by atoms with van der Waals surface area (Å²) in [5.74, 6) is -0.583. The summed E-state index contributed by atoms with van der Waals surface area (Å²) >= 11 is 0. The third kappa shape index (κ3) is 3.44. The van der Waals surface area contributed by atoms with Crippen LogP contribution in [0.15, 0.2) is 45.9 Å². The number of nitriles is 1. The number of carbonyl (C=O) groups excluding carboxylic acids is 1. The third-order valence-electron chi connectivity index (χ3n) is 4.65. The van der Waals surface area contributed by atoms with Gasteiger partial charge in [-0.1, -0.05) is 12.1 Å². The molecule has 9 nitrogen and oxygen atoms in total. The van der Waals surface area contributed by atoms with Crippen molar-refractivity contribution in [2.45, 2.75) is 25.5 Å². The van der Waals surface area contributed by atoms with Crippen LogP contribution in [-0.2, 0) is 11.3 Å². The minimum Gasteiger partial charge on any atom is -0.470 e. The Kier molecular flexibility index (Phi) is 4.76. The third-order valence-corrected chi connectivity index (χ3v) is 4.65. The molecule has 1 aliphatic rings. The summed E-state index contributed by atoms with van der Waals surface area (Å²) in [6.07, 6.45) is 4.08. The van der Waals surface area contributed by atoms with E-state index in [0.717, 1.165) is 12.8 Å². The zero-order valence-electron chi connectivity index (χ0n) is 14.9. The molecule has 1 saturated heterocycles. The number of aromatic nitrogens is 3. The number of amides is 1. The number of hydrogen-bond acceptors (Lipinski definition) is 7. The summed E-state index contributed by atoms with van der Waals surface area (Å²) in [4.78, 5) is 34.5. The van der Waals surface area contributed by atoms with Gasteiger partial charge in [0.05, 0.1) is 12.1 Å². The lowest BCUT2D eigenvalue weighted by Gasteiger charge is -2.32. The van der Waals surface area contributed by atoms with Crippen LogP contribution in [0.3, 0.4) is 0 Å². The van der Waals surface area contributed by atoms with Crippen LogP contribution in [0.2, 0.25) is 0 Å². The summed E-state index contributed by atoms with van der Waals surface area (Å²) in [6.45, 7) is 0.830. The van der Waals surface area contributed by atoms with E-state index in [2.05, 4.69) is 9.97 Å². The highest BCUT2D eigenvalue weighted by Gasteiger charge is 2.27. The van der Waals surface area contributed by atoms with Gasteiger partial charge in [0.25, 0.3) is 5.88 Å². The number of carbonyl (C=O) groups is 1. The molecule has 0 unspecified atom stereocenters. The van der Waals surface area contributed by atoms with Crippen molar-refractivity contribution < 1.29 is 13.9 Å². The van der Waals surface area contributed by atoms with Gasteiger partial charge in [-0.15, -0.1) is 0 Å². The Morgan fingerprint density at radius 3 is 3.00 bits per heavy atom. The maximum absolute atomic E-state index is 12.8. The summed E-state index contributed by atoms with van der Waals surface area (Å²) in [5.41, 5.74) is 1.15. The van der Waals surface area contributed by atoms with Crippen LogP contribution >= 0.6 is 0 Å². The molecule has 1 atom stereocenters. The number of benzene rings is 1. The first kappa shape index (κ1) is 17.7. The Labute approximate surface area is 159 Å². The summed E-state index contributed by atoms with van der Waals surface area (Å²) in [7, 11) is 0. The first-order valence-electron chi connectivity index (χ1n) is 8.89. The van der Waals surface area contributed by atoms with E-state index < -0.39 is 5.76 Å². The van der Waals surface area contributed by atoms with E-state index in [1.54, 1.807) is 29.2 Å². The highest BCUT2D eigenvalue weighted by molar-refractivity contribution is 5.79. The van der Waals surface area contributed by atoms with Gasteiger partial charge in [0.1, 0.15) is 18.7 Å². The van der Waals surface area contributed by atoms with Crippen molar-refractivity contribution in [3.63, 3.8) is 0 Å². The summed E-state index contributed by atoms with van der Waals surface area (Å²) < 4.78 is 12.3. The van der Waals surface area contributed by atoms with E-state index in [4.69, 9.17) is 14.4 Å². The number of para-hydroxylation sites is 2. The van der Waals surface area contributed by atoms with Crippen molar-refractivity contribution in [1.82, 2.24) is 19.4 Å². The standard InChI is InChI=1S/C19H17N5O4/c20-10-14-18(22-8-7-21-14)27-13-4-3-9-23(11-13)17(25)12-24-15-5-1-2-6-16(15)28-19(24)26/h1-2,5-8,13H,3-4,9,11-12H2/t13-/m0/s1. The highest BCUT2D eigenvalue weighted by atomic mass is 16.5. The fourth-order valence-corrected chi connectivity index (χ4v) is 3.31. The van der Waals surface area contributed by atoms with Gasteiger partial charge in [-0.25, -0.2) is 14.8 Å². The molecule has 3 aromatic rings. The fraction of sp³-hybridized carbons (Fsp3) is 0.316. The molecule has 0 radical (unpaired) electrons. The molecule has 0 saturated carbocycles. The van der Waals surface area contributed by atoms with E-state index in [1.807, 2.05) is 6.07 Å². The van der Waals surface area contributed by atoms with Gasteiger partial charge in [-0.3, -0.25) is 9.36 Å². The van der Waals surface area contributed by atoms with Gasteiger partial charge in [0, 0.05) is 18.9 Å². The first-order chi connectivity index (χ1) is 13.7. The van der Waals surface area contributed by atoms with Crippen LogP contribution in [0.5, 0.6) is 5.88 Å².